The first kappa shape index (κ1) is 14.8. The maximum Gasteiger partial charge on any atom is 0.227 e. The van der Waals surface area contributed by atoms with Gasteiger partial charge in [0.15, 0.2) is 5.78 Å². The minimum atomic E-state index is -0.227. The quantitative estimate of drug-likeness (QED) is 0.943. The van der Waals surface area contributed by atoms with Gasteiger partial charge in [0, 0.05) is 30.7 Å². The third kappa shape index (κ3) is 2.75. The first-order chi connectivity index (χ1) is 10.7. The van der Waals surface area contributed by atoms with Crippen LogP contribution in [0.15, 0.2) is 24.5 Å². The van der Waals surface area contributed by atoms with Crippen molar-refractivity contribution < 1.29 is 9.59 Å². The number of aromatic amines is 1. The highest BCUT2D eigenvalue weighted by atomic mass is 16.2. The average molecular weight is 299 g/mol. The molecular weight excluding hydrogens is 278 g/mol. The average Bonchev–Trinajstić information content (AvgIpc) is 2.97. The molecule has 0 saturated carbocycles. The number of likely N-dealkylation sites (tertiary alicyclic amines) is 1. The number of hydrogen-bond donors (Lipinski definition) is 1. The third-order valence-electron chi connectivity index (χ3n) is 4.42. The molecule has 0 radical (unpaired) electrons. The van der Waals surface area contributed by atoms with Gasteiger partial charge in [0.1, 0.15) is 5.65 Å². The molecule has 3 heterocycles. The van der Waals surface area contributed by atoms with Crippen molar-refractivity contribution in [2.45, 2.75) is 45.1 Å². The number of pyridine rings is 1. The molecule has 3 rings (SSSR count). The van der Waals surface area contributed by atoms with Gasteiger partial charge in [0.25, 0.3) is 0 Å². The highest BCUT2D eigenvalue weighted by Gasteiger charge is 2.31. The highest BCUT2D eigenvalue weighted by molar-refractivity contribution is 5.91. The van der Waals surface area contributed by atoms with Crippen molar-refractivity contribution in [1.29, 1.82) is 0 Å². The van der Waals surface area contributed by atoms with E-state index >= 15 is 0 Å². The Morgan fingerprint density at radius 1 is 1.41 bits per heavy atom. The first-order valence-corrected chi connectivity index (χ1v) is 7.94. The van der Waals surface area contributed by atoms with E-state index in [2.05, 4.69) is 9.97 Å². The lowest BCUT2D eigenvalue weighted by Gasteiger charge is -2.34. The van der Waals surface area contributed by atoms with E-state index in [0.717, 1.165) is 35.9 Å². The topological polar surface area (TPSA) is 66.1 Å². The van der Waals surface area contributed by atoms with Gasteiger partial charge in [0.2, 0.25) is 5.91 Å². The Hall–Kier alpha value is -2.17. The molecule has 22 heavy (non-hydrogen) atoms. The van der Waals surface area contributed by atoms with Crippen LogP contribution in [-0.4, -0.2) is 39.1 Å². The standard InChI is InChI=1S/C17H21N3O2/c1-2-15(21)14-7-3-4-9-20(14)16(22)10-12-11-19-17-13(12)6-5-8-18-17/h5-6,8,11,14H,2-4,7,9-10H2,1H3,(H,18,19)/t14-/m0/s1. The maximum atomic E-state index is 12.7. The van der Waals surface area contributed by atoms with Gasteiger partial charge in [-0.15, -0.1) is 0 Å². The van der Waals surface area contributed by atoms with Crippen LogP contribution in [0.5, 0.6) is 0 Å². The highest BCUT2D eigenvalue weighted by Crippen LogP contribution is 2.22. The number of amides is 1. The first-order valence-electron chi connectivity index (χ1n) is 7.94. The third-order valence-corrected chi connectivity index (χ3v) is 4.42. The summed E-state index contributed by atoms with van der Waals surface area (Å²) in [6.07, 6.45) is 7.19. The molecule has 1 N–H and O–H groups in total. The second kappa shape index (κ2) is 6.30. The number of H-pyrrole nitrogens is 1. The van der Waals surface area contributed by atoms with Crippen LogP contribution in [-0.2, 0) is 16.0 Å². The largest absolute Gasteiger partial charge is 0.346 e. The normalized spacial score (nSPS) is 18.6. The smallest absolute Gasteiger partial charge is 0.227 e. The SMILES string of the molecule is CCC(=O)[C@@H]1CCCCN1C(=O)Cc1c[nH]c2ncccc12. The number of nitrogens with one attached hydrogen (secondary N) is 1. The molecule has 1 amide bonds. The van der Waals surface area contributed by atoms with Crippen molar-refractivity contribution in [3.63, 3.8) is 0 Å². The molecule has 0 aromatic carbocycles. The van der Waals surface area contributed by atoms with Gasteiger partial charge >= 0.3 is 0 Å². The Balaban J connectivity index is 1.79. The molecule has 0 aliphatic carbocycles. The number of nitrogens with zero attached hydrogens (tertiary/aromatic N) is 2. The van der Waals surface area contributed by atoms with Crippen LogP contribution in [0.3, 0.4) is 0 Å². The second-order valence-electron chi connectivity index (χ2n) is 5.81. The minimum Gasteiger partial charge on any atom is -0.346 e. The Labute approximate surface area is 129 Å². The van der Waals surface area contributed by atoms with Gasteiger partial charge in [-0.25, -0.2) is 4.98 Å². The minimum absolute atomic E-state index is 0.0382. The molecule has 1 fully saturated rings. The van der Waals surface area contributed by atoms with Gasteiger partial charge in [-0.3, -0.25) is 9.59 Å². The Morgan fingerprint density at radius 2 is 2.27 bits per heavy atom. The monoisotopic (exact) mass is 299 g/mol. The molecule has 2 aromatic heterocycles. The molecule has 0 bridgehead atoms. The van der Waals surface area contributed by atoms with Gasteiger partial charge in [-0.1, -0.05) is 6.92 Å². The van der Waals surface area contributed by atoms with Gasteiger partial charge in [-0.2, -0.15) is 0 Å². The summed E-state index contributed by atoms with van der Waals surface area (Å²) >= 11 is 0. The second-order valence-corrected chi connectivity index (χ2v) is 5.81. The number of piperidine rings is 1. The summed E-state index contributed by atoms with van der Waals surface area (Å²) < 4.78 is 0. The van der Waals surface area contributed by atoms with Gasteiger partial charge in [0.05, 0.1) is 12.5 Å². The number of hydrogen-bond acceptors (Lipinski definition) is 3. The van der Waals surface area contributed by atoms with Crippen LogP contribution >= 0.6 is 0 Å². The fourth-order valence-electron chi connectivity index (χ4n) is 3.22. The van der Waals surface area contributed by atoms with Crippen LogP contribution in [0.1, 0.15) is 38.2 Å². The van der Waals surface area contributed by atoms with Crippen LogP contribution in [0.4, 0.5) is 0 Å². The zero-order chi connectivity index (χ0) is 15.5. The van der Waals surface area contributed by atoms with E-state index in [9.17, 15) is 9.59 Å². The molecule has 1 atom stereocenters. The molecule has 5 nitrogen and oxygen atoms in total. The molecule has 1 saturated heterocycles. The number of aromatic nitrogens is 2. The fourth-order valence-corrected chi connectivity index (χ4v) is 3.22. The number of Topliss-reactive ketones (excluding diaryl/α,β-unsaturated/α-hetero) is 1. The molecule has 2 aromatic rings. The molecule has 5 heteroatoms. The lowest BCUT2D eigenvalue weighted by atomic mass is 9.96. The summed E-state index contributed by atoms with van der Waals surface area (Å²) in [6.45, 7) is 2.56. The number of ketones is 1. The van der Waals surface area contributed by atoms with Crippen molar-refractivity contribution in [3.05, 3.63) is 30.1 Å². The number of carbonyl (C=O) groups is 2. The summed E-state index contributed by atoms with van der Waals surface area (Å²) in [5, 5.41) is 0.978. The van der Waals surface area contributed by atoms with Gasteiger partial charge < -0.3 is 9.88 Å². The summed E-state index contributed by atoms with van der Waals surface area (Å²) in [4.78, 5) is 33.9. The lowest BCUT2D eigenvalue weighted by Crippen LogP contribution is -2.48. The number of rotatable bonds is 4. The van der Waals surface area contributed by atoms with Crippen molar-refractivity contribution >= 4 is 22.7 Å². The van der Waals surface area contributed by atoms with E-state index in [1.165, 1.54) is 0 Å². The Bertz CT molecular complexity index is 692. The predicted octanol–water partition coefficient (Wildman–Crippen LogP) is 2.47. The Kier molecular flexibility index (Phi) is 4.22. The van der Waals surface area contributed by atoms with Crippen molar-refractivity contribution in [2.75, 3.05) is 6.54 Å². The molecular formula is C17H21N3O2. The molecule has 0 unspecified atom stereocenters. The molecule has 1 aliphatic heterocycles. The van der Waals surface area contributed by atoms with E-state index in [0.29, 0.717) is 19.4 Å². The summed E-state index contributed by atoms with van der Waals surface area (Å²) in [6, 6.07) is 3.61. The molecule has 116 valence electrons. The van der Waals surface area contributed by atoms with Crippen molar-refractivity contribution in [3.8, 4) is 0 Å². The molecule has 1 aliphatic rings. The zero-order valence-electron chi connectivity index (χ0n) is 12.8. The van der Waals surface area contributed by atoms with Crippen LogP contribution in [0.2, 0.25) is 0 Å². The van der Waals surface area contributed by atoms with E-state index in [-0.39, 0.29) is 17.7 Å². The number of fused-ring (bicyclic) bond motifs is 1. The van der Waals surface area contributed by atoms with Crippen molar-refractivity contribution in [1.82, 2.24) is 14.9 Å². The maximum absolute atomic E-state index is 12.7. The zero-order valence-corrected chi connectivity index (χ0v) is 12.8. The van der Waals surface area contributed by atoms with Crippen molar-refractivity contribution in [2.24, 2.45) is 0 Å². The fraction of sp³-hybridized carbons (Fsp3) is 0.471. The van der Waals surface area contributed by atoms with Crippen LogP contribution in [0, 0.1) is 0 Å². The van der Waals surface area contributed by atoms with E-state index in [4.69, 9.17) is 0 Å². The summed E-state index contributed by atoms with van der Waals surface area (Å²) in [5.74, 6) is 0.213. The molecule has 0 spiro atoms. The Morgan fingerprint density at radius 3 is 3.09 bits per heavy atom. The predicted molar refractivity (Wildman–Crippen MR) is 84.4 cm³/mol. The van der Waals surface area contributed by atoms with Gasteiger partial charge in [-0.05, 0) is 37.0 Å². The number of carbonyl (C=O) groups excluding carboxylic acids is 2. The summed E-state index contributed by atoms with van der Waals surface area (Å²) in [5.41, 5.74) is 1.74. The van der Waals surface area contributed by atoms with E-state index in [1.807, 2.05) is 25.3 Å². The van der Waals surface area contributed by atoms with E-state index in [1.54, 1.807) is 11.1 Å². The van der Waals surface area contributed by atoms with Crippen LogP contribution in [0.25, 0.3) is 11.0 Å². The van der Waals surface area contributed by atoms with Crippen LogP contribution < -0.4 is 0 Å². The summed E-state index contributed by atoms with van der Waals surface area (Å²) in [7, 11) is 0. The van der Waals surface area contributed by atoms with E-state index < -0.39 is 0 Å². The lowest BCUT2D eigenvalue weighted by molar-refractivity contribution is -0.140.